The molecule has 0 radical (unpaired) electrons. The summed E-state index contributed by atoms with van der Waals surface area (Å²) in [5.41, 5.74) is 0.0940. The first kappa shape index (κ1) is 32.1. The predicted octanol–water partition coefficient (Wildman–Crippen LogP) is 4.64. The number of H-pyrrole nitrogens is 1. The molecule has 0 saturated carbocycles. The van der Waals surface area contributed by atoms with Crippen LogP contribution in [0.25, 0.3) is 10.9 Å². The molecule has 4 rings (SSSR count). The van der Waals surface area contributed by atoms with Gasteiger partial charge >= 0.3 is 11.8 Å². The summed E-state index contributed by atoms with van der Waals surface area (Å²) in [6.07, 6.45) is 1.23. The number of nitrogens with zero attached hydrogens (tertiary/aromatic N) is 2. The Kier molecular flexibility index (Phi) is 9.46. The number of hydrogen-bond acceptors (Lipinski definition) is 7. The number of halogens is 2. The maximum atomic E-state index is 13.6. The number of sulfone groups is 1. The molecule has 3 aromatic rings. The van der Waals surface area contributed by atoms with Crippen molar-refractivity contribution in [3.8, 4) is 0 Å². The third kappa shape index (κ3) is 7.19. The number of piperidine rings is 1. The van der Waals surface area contributed by atoms with Gasteiger partial charge in [-0.3, -0.25) is 14.3 Å². The van der Waals surface area contributed by atoms with Crippen molar-refractivity contribution in [2.75, 3.05) is 18.8 Å². The summed E-state index contributed by atoms with van der Waals surface area (Å²) in [7, 11) is -3.63. The largest absolute Gasteiger partial charge is 0.444 e. The number of nitrogens with one attached hydrogen (secondary N) is 2. The topological polar surface area (TPSA) is 131 Å². The highest BCUT2D eigenvalue weighted by Crippen LogP contribution is 2.29. The van der Waals surface area contributed by atoms with Crippen LogP contribution in [0.4, 0.5) is 4.79 Å². The summed E-state index contributed by atoms with van der Waals surface area (Å²) in [4.78, 5) is 43.9. The van der Waals surface area contributed by atoms with E-state index in [-0.39, 0.29) is 49.7 Å². The van der Waals surface area contributed by atoms with Crippen LogP contribution < -0.4 is 16.6 Å². The number of likely N-dealkylation sites (tertiary alicyclic amines) is 1. The molecule has 42 heavy (non-hydrogen) atoms. The van der Waals surface area contributed by atoms with Gasteiger partial charge in [0, 0.05) is 24.2 Å². The number of hydrogen-bond donors (Lipinski definition) is 2. The van der Waals surface area contributed by atoms with Gasteiger partial charge in [0.25, 0.3) is 5.56 Å². The van der Waals surface area contributed by atoms with Gasteiger partial charge in [-0.2, -0.15) is 0 Å². The molecule has 1 atom stereocenters. The van der Waals surface area contributed by atoms with Crippen molar-refractivity contribution in [3.63, 3.8) is 0 Å². The molecule has 2 aromatic carbocycles. The second-order valence-corrected chi connectivity index (χ2v) is 14.7. The molecule has 228 valence electrons. The number of fused-ring (bicyclic) bond motifs is 1. The number of aromatic nitrogens is 2. The lowest BCUT2D eigenvalue weighted by molar-refractivity contribution is 0.0470. The molecule has 2 N–H and O–H groups in total. The minimum Gasteiger partial charge on any atom is -0.444 e. The summed E-state index contributed by atoms with van der Waals surface area (Å²) in [6, 6.07) is 5.90. The molecule has 1 aliphatic rings. The first-order valence-electron chi connectivity index (χ1n) is 13.8. The highest BCUT2D eigenvalue weighted by molar-refractivity contribution is 7.91. The summed E-state index contributed by atoms with van der Waals surface area (Å²) in [5, 5.41) is 3.71. The molecule has 2 heterocycles. The highest BCUT2D eigenvalue weighted by Gasteiger charge is 2.26. The lowest BCUT2D eigenvalue weighted by Gasteiger charge is -2.34. The fraction of sp³-hybridized carbons (Fsp3) is 0.483. The number of carbonyl (C=O) groups is 1. The Balaban J connectivity index is 1.64. The summed E-state index contributed by atoms with van der Waals surface area (Å²) >= 11 is 12.9. The quantitative estimate of drug-likeness (QED) is 0.386. The number of rotatable bonds is 7. The Hall–Kier alpha value is -2.86. The first-order chi connectivity index (χ1) is 19.6. The van der Waals surface area contributed by atoms with Gasteiger partial charge < -0.3 is 15.0 Å². The maximum Gasteiger partial charge on any atom is 0.407 e. The second kappa shape index (κ2) is 12.4. The van der Waals surface area contributed by atoms with E-state index in [0.29, 0.717) is 13.1 Å². The molecule has 1 fully saturated rings. The van der Waals surface area contributed by atoms with Crippen molar-refractivity contribution in [3.05, 3.63) is 71.8 Å². The van der Waals surface area contributed by atoms with Crippen molar-refractivity contribution in [2.24, 2.45) is 0 Å². The zero-order valence-electron chi connectivity index (χ0n) is 24.3. The molecule has 10 nitrogen and oxygen atoms in total. The van der Waals surface area contributed by atoms with E-state index < -0.39 is 32.8 Å². The van der Waals surface area contributed by atoms with Crippen LogP contribution in [0.1, 0.15) is 57.2 Å². The molecule has 0 aliphatic carbocycles. The van der Waals surface area contributed by atoms with Crippen LogP contribution in [0, 0.1) is 6.92 Å². The van der Waals surface area contributed by atoms with Crippen molar-refractivity contribution < 1.29 is 17.9 Å². The van der Waals surface area contributed by atoms with Gasteiger partial charge in [-0.25, -0.2) is 18.0 Å². The number of amides is 1. The van der Waals surface area contributed by atoms with E-state index in [4.69, 9.17) is 27.9 Å². The van der Waals surface area contributed by atoms with Crippen LogP contribution in [0.5, 0.6) is 0 Å². The van der Waals surface area contributed by atoms with Gasteiger partial charge in [-0.05, 0) is 88.0 Å². The third-order valence-corrected chi connectivity index (χ3v) is 9.70. The Morgan fingerprint density at radius 1 is 1.17 bits per heavy atom. The SMILES string of the molecule is CCS(=O)(=O)c1ccc(Cl)cc1Cn1c(=O)[nH]c2c(Cl)c(CN3CCC[C@@H](NC(=O)OC(C)(C)C)C3)c(C)cc2c1=O. The summed E-state index contributed by atoms with van der Waals surface area (Å²) < 4.78 is 31.7. The van der Waals surface area contributed by atoms with Crippen LogP contribution in [0.2, 0.25) is 10.0 Å². The second-order valence-electron chi connectivity index (χ2n) is 11.6. The summed E-state index contributed by atoms with van der Waals surface area (Å²) in [5.74, 6) is -0.142. The van der Waals surface area contributed by atoms with Crippen molar-refractivity contribution in [1.82, 2.24) is 19.8 Å². The fourth-order valence-corrected chi connectivity index (χ4v) is 6.84. The number of alkyl carbamates (subject to hydrolysis) is 1. The van der Waals surface area contributed by atoms with E-state index in [1.807, 2.05) is 27.7 Å². The number of benzene rings is 2. The summed E-state index contributed by atoms with van der Waals surface area (Å²) in [6.45, 7) is 10.4. The first-order valence-corrected chi connectivity index (χ1v) is 16.2. The minimum atomic E-state index is -3.63. The molecule has 0 unspecified atom stereocenters. The molecule has 1 aliphatic heterocycles. The lowest BCUT2D eigenvalue weighted by Crippen LogP contribution is -2.48. The molecule has 1 saturated heterocycles. The zero-order chi connectivity index (χ0) is 31.0. The van der Waals surface area contributed by atoms with E-state index >= 15 is 0 Å². The monoisotopic (exact) mass is 638 g/mol. The van der Waals surface area contributed by atoms with E-state index in [1.165, 1.54) is 25.1 Å². The van der Waals surface area contributed by atoms with E-state index in [9.17, 15) is 22.8 Å². The molecule has 1 amide bonds. The van der Waals surface area contributed by atoms with Crippen LogP contribution >= 0.6 is 23.2 Å². The average molecular weight is 640 g/mol. The van der Waals surface area contributed by atoms with Crippen molar-refractivity contribution >= 4 is 50.0 Å². The Bertz CT molecular complexity index is 1740. The van der Waals surface area contributed by atoms with Gasteiger partial charge in [0.2, 0.25) is 0 Å². The lowest BCUT2D eigenvalue weighted by atomic mass is 10.0. The third-order valence-electron chi connectivity index (χ3n) is 7.22. The molecule has 13 heteroatoms. The van der Waals surface area contributed by atoms with Gasteiger partial charge in [0.1, 0.15) is 5.60 Å². The van der Waals surface area contributed by atoms with Crippen LogP contribution in [0.3, 0.4) is 0 Å². The molecule has 0 spiro atoms. The maximum absolute atomic E-state index is 13.6. The van der Waals surface area contributed by atoms with Crippen LogP contribution in [-0.4, -0.2) is 59.4 Å². The van der Waals surface area contributed by atoms with Crippen molar-refractivity contribution in [2.45, 2.75) is 77.1 Å². The van der Waals surface area contributed by atoms with Crippen molar-refractivity contribution in [1.29, 1.82) is 0 Å². The number of carbonyl (C=O) groups excluding carboxylic acids is 1. The van der Waals surface area contributed by atoms with Gasteiger partial charge in [0.05, 0.1) is 33.1 Å². The normalized spacial score (nSPS) is 16.5. The van der Waals surface area contributed by atoms with Gasteiger partial charge in [0.15, 0.2) is 9.84 Å². The van der Waals surface area contributed by atoms with E-state index in [2.05, 4.69) is 15.2 Å². The Morgan fingerprint density at radius 3 is 2.55 bits per heavy atom. The van der Waals surface area contributed by atoms with Crippen LogP contribution in [0.15, 0.2) is 38.8 Å². The van der Waals surface area contributed by atoms with Gasteiger partial charge in [-0.15, -0.1) is 0 Å². The highest BCUT2D eigenvalue weighted by atomic mass is 35.5. The Labute approximate surface area is 254 Å². The molecular weight excluding hydrogens is 603 g/mol. The zero-order valence-corrected chi connectivity index (χ0v) is 26.7. The molecular formula is C29H36Cl2N4O6S. The number of aryl methyl sites for hydroxylation is 1. The number of ether oxygens (including phenoxy) is 1. The van der Waals surface area contributed by atoms with Gasteiger partial charge in [-0.1, -0.05) is 30.1 Å². The van der Waals surface area contributed by atoms with E-state index in [1.54, 1.807) is 6.07 Å². The molecule has 0 bridgehead atoms. The molecule has 1 aromatic heterocycles. The fourth-order valence-electron chi connectivity index (χ4n) is 5.17. The Morgan fingerprint density at radius 2 is 1.88 bits per heavy atom. The minimum absolute atomic E-state index is 0.0198. The van der Waals surface area contributed by atoms with Crippen LogP contribution in [-0.2, 0) is 27.7 Å². The van der Waals surface area contributed by atoms with E-state index in [0.717, 1.165) is 35.1 Å². The standard InChI is InChI=1S/C29H36Cl2N4O6S/c1-6-42(39,40)23-10-9-19(30)13-18(23)14-35-26(36)21-12-17(2)22(24(31)25(21)33-27(35)37)16-34-11-7-8-20(15-34)32-28(38)41-29(3,4)5/h9-10,12-13,20H,6-8,11,14-16H2,1-5H3,(H,32,38)(H,33,37)/t20-/m1/s1. The smallest absolute Gasteiger partial charge is 0.407 e. The predicted molar refractivity (Wildman–Crippen MR) is 165 cm³/mol. The average Bonchev–Trinajstić information content (AvgIpc) is 2.89. The number of aromatic amines is 1.